The van der Waals surface area contributed by atoms with Crippen molar-refractivity contribution in [1.29, 1.82) is 0 Å². The lowest BCUT2D eigenvalue weighted by molar-refractivity contribution is -0.142. The van der Waals surface area contributed by atoms with Crippen molar-refractivity contribution in [1.82, 2.24) is 10.2 Å². The van der Waals surface area contributed by atoms with Crippen LogP contribution < -0.4 is 5.32 Å². The molecule has 120 valence electrons. The van der Waals surface area contributed by atoms with Crippen LogP contribution in [-0.4, -0.2) is 41.1 Å². The van der Waals surface area contributed by atoms with E-state index < -0.39 is 11.9 Å². The molecule has 2 N–H and O–H groups in total. The van der Waals surface area contributed by atoms with E-state index in [0.29, 0.717) is 13.1 Å². The smallest absolute Gasteiger partial charge is 0.317 e. The standard InChI is InChI=1S/C16H28N2O3/c1-3-4-12-5-7-13(8-6-12)17-16(21)18-9-11(2)14(10-18)15(19)20/h11-14H,3-10H2,1-2H3,(H,17,21)(H,19,20)/t11-,12?,13?,14-/m1/s1. The van der Waals surface area contributed by atoms with Gasteiger partial charge in [0.1, 0.15) is 0 Å². The Morgan fingerprint density at radius 3 is 2.38 bits per heavy atom. The topological polar surface area (TPSA) is 69.6 Å². The van der Waals surface area contributed by atoms with Crippen molar-refractivity contribution in [3.63, 3.8) is 0 Å². The van der Waals surface area contributed by atoms with Crippen LogP contribution in [0.1, 0.15) is 52.4 Å². The Bertz CT molecular complexity index is 378. The highest BCUT2D eigenvalue weighted by molar-refractivity contribution is 5.77. The maximum Gasteiger partial charge on any atom is 0.317 e. The van der Waals surface area contributed by atoms with Gasteiger partial charge in [0, 0.05) is 19.1 Å². The van der Waals surface area contributed by atoms with E-state index in [1.165, 1.54) is 25.7 Å². The first kappa shape index (κ1) is 16.1. The summed E-state index contributed by atoms with van der Waals surface area (Å²) in [5, 5.41) is 12.2. The van der Waals surface area contributed by atoms with E-state index in [4.69, 9.17) is 5.11 Å². The SMILES string of the molecule is CCCC1CCC(NC(=O)N2C[C@@H](C)[C@H](C(=O)O)C2)CC1. The third-order valence-corrected chi connectivity index (χ3v) is 5.09. The number of rotatable bonds is 4. The fourth-order valence-corrected chi connectivity index (χ4v) is 3.72. The molecule has 2 amide bonds. The first-order valence-corrected chi connectivity index (χ1v) is 8.29. The number of carbonyl (C=O) groups is 2. The van der Waals surface area contributed by atoms with Crippen LogP contribution >= 0.6 is 0 Å². The molecule has 21 heavy (non-hydrogen) atoms. The molecule has 1 aliphatic heterocycles. The Balaban J connectivity index is 1.77. The molecule has 0 spiro atoms. The lowest BCUT2D eigenvalue weighted by Crippen LogP contribution is -2.45. The molecule has 1 aliphatic carbocycles. The van der Waals surface area contributed by atoms with Crippen molar-refractivity contribution in [3.05, 3.63) is 0 Å². The average molecular weight is 296 g/mol. The number of nitrogens with zero attached hydrogens (tertiary/aromatic N) is 1. The summed E-state index contributed by atoms with van der Waals surface area (Å²) in [7, 11) is 0. The molecule has 0 aromatic rings. The molecule has 1 saturated carbocycles. The molecule has 5 heteroatoms. The number of nitrogens with one attached hydrogen (secondary N) is 1. The van der Waals surface area contributed by atoms with Crippen LogP contribution in [0.25, 0.3) is 0 Å². The van der Waals surface area contributed by atoms with Gasteiger partial charge in [-0.2, -0.15) is 0 Å². The van der Waals surface area contributed by atoms with Gasteiger partial charge in [-0.1, -0.05) is 26.7 Å². The third kappa shape index (κ3) is 4.11. The van der Waals surface area contributed by atoms with Crippen molar-refractivity contribution in [3.8, 4) is 0 Å². The largest absolute Gasteiger partial charge is 0.481 e. The van der Waals surface area contributed by atoms with Gasteiger partial charge >= 0.3 is 12.0 Å². The summed E-state index contributed by atoms with van der Waals surface area (Å²) in [6, 6.07) is 0.189. The Morgan fingerprint density at radius 2 is 1.86 bits per heavy atom. The molecule has 1 saturated heterocycles. The number of hydrogen-bond donors (Lipinski definition) is 2. The van der Waals surface area contributed by atoms with Crippen molar-refractivity contribution in [2.24, 2.45) is 17.8 Å². The highest BCUT2D eigenvalue weighted by atomic mass is 16.4. The van der Waals surface area contributed by atoms with Gasteiger partial charge in [0.25, 0.3) is 0 Å². The number of likely N-dealkylation sites (tertiary alicyclic amines) is 1. The summed E-state index contributed by atoms with van der Waals surface area (Å²) in [6.45, 7) is 5.02. The Morgan fingerprint density at radius 1 is 1.19 bits per heavy atom. The maximum atomic E-state index is 12.3. The van der Waals surface area contributed by atoms with E-state index in [1.807, 2.05) is 6.92 Å². The molecule has 1 heterocycles. The van der Waals surface area contributed by atoms with Gasteiger partial charge in [-0.3, -0.25) is 4.79 Å². The highest BCUT2D eigenvalue weighted by Crippen LogP contribution is 2.28. The molecule has 0 aromatic carbocycles. The lowest BCUT2D eigenvalue weighted by atomic mass is 9.83. The van der Waals surface area contributed by atoms with E-state index in [9.17, 15) is 9.59 Å². The van der Waals surface area contributed by atoms with E-state index in [-0.39, 0.29) is 18.0 Å². The quantitative estimate of drug-likeness (QED) is 0.838. The van der Waals surface area contributed by atoms with Crippen LogP contribution in [-0.2, 0) is 4.79 Å². The Labute approximate surface area is 127 Å². The Kier molecular flexibility index (Phi) is 5.48. The van der Waals surface area contributed by atoms with Gasteiger partial charge in [-0.05, 0) is 37.5 Å². The summed E-state index contributed by atoms with van der Waals surface area (Å²) < 4.78 is 0. The normalized spacial score (nSPS) is 33.0. The number of aliphatic carboxylic acids is 1. The molecule has 2 fully saturated rings. The van der Waals surface area contributed by atoms with Gasteiger partial charge in [0.15, 0.2) is 0 Å². The molecule has 2 rings (SSSR count). The van der Waals surface area contributed by atoms with E-state index in [0.717, 1.165) is 18.8 Å². The van der Waals surface area contributed by atoms with E-state index in [2.05, 4.69) is 12.2 Å². The maximum absolute atomic E-state index is 12.3. The lowest BCUT2D eigenvalue weighted by Gasteiger charge is -2.30. The highest BCUT2D eigenvalue weighted by Gasteiger charge is 2.37. The molecular formula is C16H28N2O3. The number of carboxylic acid groups (broad SMARTS) is 1. The van der Waals surface area contributed by atoms with Crippen LogP contribution in [0.15, 0.2) is 0 Å². The van der Waals surface area contributed by atoms with Crippen LogP contribution in [0.4, 0.5) is 4.79 Å². The number of amides is 2. The van der Waals surface area contributed by atoms with E-state index >= 15 is 0 Å². The summed E-state index contributed by atoms with van der Waals surface area (Å²) in [4.78, 5) is 25.0. The van der Waals surface area contributed by atoms with Crippen LogP contribution in [0.3, 0.4) is 0 Å². The molecule has 0 aromatic heterocycles. The van der Waals surface area contributed by atoms with Crippen molar-refractivity contribution in [2.75, 3.05) is 13.1 Å². The molecular weight excluding hydrogens is 268 g/mol. The molecule has 0 unspecified atom stereocenters. The van der Waals surface area contributed by atoms with Crippen LogP contribution in [0, 0.1) is 17.8 Å². The minimum Gasteiger partial charge on any atom is -0.481 e. The fourth-order valence-electron chi connectivity index (χ4n) is 3.72. The second kappa shape index (κ2) is 7.14. The predicted molar refractivity (Wildman–Crippen MR) is 81.0 cm³/mol. The van der Waals surface area contributed by atoms with Gasteiger partial charge in [-0.15, -0.1) is 0 Å². The third-order valence-electron chi connectivity index (χ3n) is 5.09. The first-order valence-electron chi connectivity index (χ1n) is 8.29. The minimum atomic E-state index is -0.794. The summed E-state index contributed by atoms with van der Waals surface area (Å²) in [5.41, 5.74) is 0. The van der Waals surface area contributed by atoms with Gasteiger partial charge in [0.05, 0.1) is 5.92 Å². The number of carbonyl (C=O) groups excluding carboxylic acids is 1. The number of hydrogen-bond acceptors (Lipinski definition) is 2. The number of urea groups is 1. The summed E-state index contributed by atoms with van der Waals surface area (Å²) >= 11 is 0. The van der Waals surface area contributed by atoms with Crippen LogP contribution in [0.2, 0.25) is 0 Å². The second-order valence-corrected chi connectivity index (χ2v) is 6.78. The molecule has 0 bridgehead atoms. The molecule has 5 nitrogen and oxygen atoms in total. The molecule has 0 radical (unpaired) electrons. The zero-order chi connectivity index (χ0) is 15.4. The van der Waals surface area contributed by atoms with Crippen molar-refractivity contribution in [2.45, 2.75) is 58.4 Å². The second-order valence-electron chi connectivity index (χ2n) is 6.78. The summed E-state index contributed by atoms with van der Waals surface area (Å²) in [6.07, 6.45) is 7.05. The van der Waals surface area contributed by atoms with Crippen LogP contribution in [0.5, 0.6) is 0 Å². The van der Waals surface area contributed by atoms with E-state index in [1.54, 1.807) is 4.90 Å². The summed E-state index contributed by atoms with van der Waals surface area (Å²) in [5.74, 6) is -0.353. The zero-order valence-corrected chi connectivity index (χ0v) is 13.2. The first-order chi connectivity index (χ1) is 10.0. The monoisotopic (exact) mass is 296 g/mol. The minimum absolute atomic E-state index is 0.0357. The van der Waals surface area contributed by atoms with Gasteiger partial charge < -0.3 is 15.3 Å². The van der Waals surface area contributed by atoms with Gasteiger partial charge in [-0.25, -0.2) is 4.79 Å². The Hall–Kier alpha value is -1.26. The fraction of sp³-hybridized carbons (Fsp3) is 0.875. The van der Waals surface area contributed by atoms with Crippen molar-refractivity contribution < 1.29 is 14.7 Å². The number of carboxylic acids is 1. The predicted octanol–water partition coefficient (Wildman–Crippen LogP) is 2.71. The van der Waals surface area contributed by atoms with Gasteiger partial charge in [0.2, 0.25) is 0 Å². The zero-order valence-electron chi connectivity index (χ0n) is 13.2. The van der Waals surface area contributed by atoms with Crippen molar-refractivity contribution >= 4 is 12.0 Å². The molecule has 2 aliphatic rings. The average Bonchev–Trinajstić information content (AvgIpc) is 2.84. The molecule has 2 atom stereocenters.